The van der Waals surface area contributed by atoms with Crippen molar-refractivity contribution >= 4 is 17.2 Å². The Hall–Kier alpha value is -1.85. The van der Waals surface area contributed by atoms with E-state index in [9.17, 15) is 4.79 Å². The van der Waals surface area contributed by atoms with Gasteiger partial charge in [0.05, 0.1) is 19.3 Å². The number of rotatable bonds is 9. The molecule has 1 atom stereocenters. The second-order valence-corrected chi connectivity index (χ2v) is 7.74. The molecular weight excluding hydrogens is 346 g/mol. The Morgan fingerprint density at radius 1 is 1.31 bits per heavy atom. The zero-order valence-corrected chi connectivity index (χ0v) is 16.2. The molecule has 4 nitrogen and oxygen atoms in total. The van der Waals surface area contributed by atoms with Gasteiger partial charge in [0.2, 0.25) is 5.91 Å². The lowest BCUT2D eigenvalue weighted by Gasteiger charge is -2.25. The first kappa shape index (κ1) is 18.9. The van der Waals surface area contributed by atoms with Gasteiger partial charge in [-0.15, -0.1) is 11.3 Å². The van der Waals surface area contributed by atoms with E-state index in [1.54, 1.807) is 11.3 Å². The van der Waals surface area contributed by atoms with Gasteiger partial charge in [-0.1, -0.05) is 24.3 Å². The lowest BCUT2D eigenvalue weighted by Crippen LogP contribution is -2.36. The molecule has 140 valence electrons. The average Bonchev–Trinajstić information content (AvgIpc) is 3.33. The van der Waals surface area contributed by atoms with E-state index >= 15 is 0 Å². The van der Waals surface area contributed by atoms with Crippen LogP contribution in [0.1, 0.15) is 36.1 Å². The van der Waals surface area contributed by atoms with Crippen LogP contribution in [0.4, 0.5) is 0 Å². The Labute approximate surface area is 159 Å². The number of nitrogens with zero attached hydrogens (tertiary/aromatic N) is 1. The lowest BCUT2D eigenvalue weighted by molar-refractivity contribution is -0.133. The van der Waals surface area contributed by atoms with Crippen molar-refractivity contribution in [3.05, 3.63) is 52.2 Å². The van der Waals surface area contributed by atoms with Crippen molar-refractivity contribution in [1.82, 2.24) is 4.90 Å². The fourth-order valence-electron chi connectivity index (χ4n) is 3.16. The Balaban J connectivity index is 1.48. The van der Waals surface area contributed by atoms with Crippen molar-refractivity contribution in [3.8, 4) is 5.75 Å². The number of ether oxygens (including phenoxy) is 2. The highest BCUT2D eigenvalue weighted by Gasteiger charge is 2.22. The Bertz CT molecular complexity index is 680. The van der Waals surface area contributed by atoms with Gasteiger partial charge >= 0.3 is 0 Å². The summed E-state index contributed by atoms with van der Waals surface area (Å²) in [4.78, 5) is 15.9. The Morgan fingerprint density at radius 3 is 2.92 bits per heavy atom. The molecule has 1 aliphatic rings. The van der Waals surface area contributed by atoms with E-state index in [0.29, 0.717) is 26.1 Å². The summed E-state index contributed by atoms with van der Waals surface area (Å²) < 4.78 is 11.5. The molecule has 1 aliphatic heterocycles. The quantitative estimate of drug-likeness (QED) is 0.611. The SMILES string of the molecule is Cc1ccccc1OCCCC(=O)N(Cc1cccs1)CC1CCCO1. The predicted octanol–water partition coefficient (Wildman–Crippen LogP) is 4.42. The van der Waals surface area contributed by atoms with Gasteiger partial charge in [-0.25, -0.2) is 0 Å². The van der Waals surface area contributed by atoms with Crippen LogP contribution in [0.5, 0.6) is 5.75 Å². The van der Waals surface area contributed by atoms with Crippen molar-refractivity contribution in [2.75, 3.05) is 19.8 Å². The summed E-state index contributed by atoms with van der Waals surface area (Å²) in [6.07, 6.45) is 3.55. The molecular formula is C21H27NO3S. The Morgan fingerprint density at radius 2 is 2.19 bits per heavy atom. The summed E-state index contributed by atoms with van der Waals surface area (Å²) in [7, 11) is 0. The summed E-state index contributed by atoms with van der Waals surface area (Å²) in [5.41, 5.74) is 1.12. The Kier molecular flexibility index (Phi) is 7.09. The van der Waals surface area contributed by atoms with Crippen LogP contribution in [0.2, 0.25) is 0 Å². The molecule has 1 unspecified atom stereocenters. The van der Waals surface area contributed by atoms with Gasteiger partial charge in [0, 0.05) is 24.4 Å². The summed E-state index contributed by atoms with van der Waals surface area (Å²) in [6.45, 7) is 4.77. The van der Waals surface area contributed by atoms with Gasteiger partial charge in [0.1, 0.15) is 5.75 Å². The van der Waals surface area contributed by atoms with Gasteiger partial charge < -0.3 is 14.4 Å². The lowest BCUT2D eigenvalue weighted by atomic mass is 10.2. The number of amides is 1. The number of aryl methyl sites for hydroxylation is 1. The summed E-state index contributed by atoms with van der Waals surface area (Å²) in [5.74, 6) is 1.08. The van der Waals surface area contributed by atoms with Crippen molar-refractivity contribution in [2.24, 2.45) is 0 Å². The minimum absolute atomic E-state index is 0.183. The molecule has 2 heterocycles. The average molecular weight is 374 g/mol. The molecule has 2 aromatic rings. The number of hydrogen-bond acceptors (Lipinski definition) is 4. The third-order valence-corrected chi connectivity index (χ3v) is 5.47. The standard InChI is InChI=1S/C21H27NO3S/c1-17-7-2-3-10-20(17)25-13-5-11-21(23)22(15-18-8-4-12-24-18)16-19-9-6-14-26-19/h2-3,6-7,9-10,14,18H,4-5,8,11-13,15-16H2,1H3. The van der Waals surface area contributed by atoms with Crippen LogP contribution >= 0.6 is 11.3 Å². The molecule has 0 bridgehead atoms. The van der Waals surface area contributed by atoms with Gasteiger partial charge in [-0.2, -0.15) is 0 Å². The molecule has 3 rings (SSSR count). The zero-order chi connectivity index (χ0) is 18.2. The van der Waals surface area contributed by atoms with Crippen molar-refractivity contribution in [2.45, 2.75) is 45.3 Å². The van der Waals surface area contributed by atoms with Crippen molar-refractivity contribution in [3.63, 3.8) is 0 Å². The molecule has 0 radical (unpaired) electrons. The summed E-state index contributed by atoms with van der Waals surface area (Å²) in [6, 6.07) is 12.1. The van der Waals surface area contributed by atoms with Gasteiger partial charge in [0.25, 0.3) is 0 Å². The molecule has 1 amide bonds. The first-order chi connectivity index (χ1) is 12.7. The van der Waals surface area contributed by atoms with E-state index in [4.69, 9.17) is 9.47 Å². The largest absolute Gasteiger partial charge is 0.493 e. The second-order valence-electron chi connectivity index (χ2n) is 6.71. The van der Waals surface area contributed by atoms with Crippen LogP contribution in [-0.2, 0) is 16.1 Å². The highest BCUT2D eigenvalue weighted by Crippen LogP contribution is 2.19. The number of thiophene rings is 1. The van der Waals surface area contributed by atoms with E-state index in [0.717, 1.165) is 37.2 Å². The molecule has 1 fully saturated rings. The topological polar surface area (TPSA) is 38.8 Å². The molecule has 1 saturated heterocycles. The first-order valence-electron chi connectivity index (χ1n) is 9.32. The summed E-state index contributed by atoms with van der Waals surface area (Å²) >= 11 is 1.69. The van der Waals surface area contributed by atoms with E-state index < -0.39 is 0 Å². The summed E-state index contributed by atoms with van der Waals surface area (Å²) in [5, 5.41) is 2.06. The highest BCUT2D eigenvalue weighted by atomic mass is 32.1. The van der Waals surface area contributed by atoms with Crippen LogP contribution < -0.4 is 4.74 Å². The fourth-order valence-corrected chi connectivity index (χ4v) is 3.88. The van der Waals surface area contributed by atoms with E-state index in [1.807, 2.05) is 42.2 Å². The van der Waals surface area contributed by atoms with Crippen LogP contribution in [-0.4, -0.2) is 36.7 Å². The number of hydrogen-bond donors (Lipinski definition) is 0. The third-order valence-electron chi connectivity index (χ3n) is 4.61. The smallest absolute Gasteiger partial charge is 0.223 e. The van der Waals surface area contributed by atoms with Gasteiger partial charge in [0.15, 0.2) is 0 Å². The number of carbonyl (C=O) groups excluding carboxylic acids is 1. The molecule has 1 aromatic carbocycles. The van der Waals surface area contributed by atoms with Crippen molar-refractivity contribution < 1.29 is 14.3 Å². The molecule has 0 aliphatic carbocycles. The molecule has 0 N–H and O–H groups in total. The molecule has 0 spiro atoms. The monoisotopic (exact) mass is 373 g/mol. The van der Waals surface area contributed by atoms with Crippen molar-refractivity contribution in [1.29, 1.82) is 0 Å². The normalized spacial score (nSPS) is 16.6. The molecule has 1 aromatic heterocycles. The molecule has 5 heteroatoms. The zero-order valence-electron chi connectivity index (χ0n) is 15.4. The maximum atomic E-state index is 12.8. The maximum absolute atomic E-state index is 12.8. The first-order valence-corrected chi connectivity index (χ1v) is 10.2. The number of benzene rings is 1. The van der Waals surface area contributed by atoms with E-state index in [1.165, 1.54) is 4.88 Å². The minimum atomic E-state index is 0.183. The second kappa shape index (κ2) is 9.74. The number of para-hydroxylation sites is 1. The maximum Gasteiger partial charge on any atom is 0.223 e. The van der Waals surface area contributed by atoms with E-state index in [-0.39, 0.29) is 12.0 Å². The molecule has 0 saturated carbocycles. The van der Waals surface area contributed by atoms with E-state index in [2.05, 4.69) is 11.4 Å². The highest BCUT2D eigenvalue weighted by molar-refractivity contribution is 7.09. The van der Waals surface area contributed by atoms with Crippen LogP contribution in [0, 0.1) is 6.92 Å². The van der Waals surface area contributed by atoms with Crippen LogP contribution in [0.3, 0.4) is 0 Å². The molecule has 26 heavy (non-hydrogen) atoms. The van der Waals surface area contributed by atoms with Crippen LogP contribution in [0.25, 0.3) is 0 Å². The van der Waals surface area contributed by atoms with Crippen LogP contribution in [0.15, 0.2) is 41.8 Å². The number of carbonyl (C=O) groups is 1. The minimum Gasteiger partial charge on any atom is -0.493 e. The predicted molar refractivity (Wildman–Crippen MR) is 105 cm³/mol. The third kappa shape index (κ3) is 5.58. The van der Waals surface area contributed by atoms with Gasteiger partial charge in [-0.05, 0) is 49.3 Å². The fraction of sp³-hybridized carbons (Fsp3) is 0.476. The van der Waals surface area contributed by atoms with Gasteiger partial charge in [-0.3, -0.25) is 4.79 Å².